The molecule has 0 fully saturated rings. The van der Waals surface area contributed by atoms with Crippen LogP contribution in [0.5, 0.6) is 5.75 Å². The van der Waals surface area contributed by atoms with E-state index < -0.39 is 17.7 Å². The number of nitrogens with one attached hydrogen (secondary N) is 1. The first-order chi connectivity index (χ1) is 16.0. The molecular weight excluding hydrogens is 348 g/mol. The number of imidazole rings is 1. The first kappa shape index (κ1) is 9.68. The van der Waals surface area contributed by atoms with Crippen LogP contribution in [0.1, 0.15) is 20.9 Å². The number of fused-ring (bicyclic) bond motifs is 1. The number of hydrogen-bond donors (Lipinski definition) is 1. The highest BCUT2D eigenvalue weighted by molar-refractivity contribution is 7.84. The van der Waals surface area contributed by atoms with Gasteiger partial charge in [-0.2, -0.15) is 0 Å². The second-order valence-corrected chi connectivity index (χ2v) is 6.66. The van der Waals surface area contributed by atoms with Crippen LogP contribution in [-0.2, 0) is 16.6 Å². The molecule has 0 aliphatic carbocycles. The summed E-state index contributed by atoms with van der Waals surface area (Å²) in [5, 5.41) is -0.139. The standard InChI is InChI=1S/C19H18N4O2S/c1-13-17(20-8-7-18(13)25-2)12-26(24)19-21-15-6-5-14(11-16(15)22-19)23-9-3-4-10-23/h3-11H,12H2,1-2H3,(H,21,22)/i1D3,3D,4D,9D,10D/hD. The zero-order chi connectivity index (χ0) is 24.9. The van der Waals surface area contributed by atoms with Crippen LogP contribution in [0, 0.1) is 6.85 Å². The topological polar surface area (TPSA) is 72.8 Å². The molecule has 3 aromatic heterocycles. The predicted octanol–water partition coefficient (Wildman–Crippen LogP) is 3.37. The Bertz CT molecular complexity index is 1420. The van der Waals surface area contributed by atoms with E-state index in [1.807, 2.05) is 0 Å². The third-order valence-electron chi connectivity index (χ3n) is 3.73. The molecule has 0 amide bonds. The lowest BCUT2D eigenvalue weighted by Crippen LogP contribution is -2.03. The number of benzene rings is 1. The van der Waals surface area contributed by atoms with Crippen molar-refractivity contribution < 1.29 is 20.0 Å². The van der Waals surface area contributed by atoms with Crippen LogP contribution in [0.4, 0.5) is 0 Å². The van der Waals surface area contributed by atoms with Crippen LogP contribution < -0.4 is 4.74 Å². The summed E-state index contributed by atoms with van der Waals surface area (Å²) in [7, 11) is -0.610. The molecule has 1 unspecified atom stereocenters. The average molecular weight is 374 g/mol. The number of aromatic amines is 1. The fourth-order valence-corrected chi connectivity index (χ4v) is 3.44. The summed E-state index contributed by atoms with van der Waals surface area (Å²) in [6.07, 6.45) is 0.695. The molecule has 0 aliphatic heterocycles. The largest absolute Gasteiger partial charge is 0.496 e. The van der Waals surface area contributed by atoms with Gasteiger partial charge in [0.25, 0.3) is 0 Å². The van der Waals surface area contributed by atoms with Crippen LogP contribution >= 0.6 is 0 Å². The summed E-state index contributed by atoms with van der Waals surface area (Å²) in [5.74, 6) is -0.215. The molecule has 0 spiro atoms. The van der Waals surface area contributed by atoms with Gasteiger partial charge >= 0.3 is 0 Å². The van der Waals surface area contributed by atoms with Crippen molar-refractivity contribution >= 4 is 21.8 Å². The van der Waals surface area contributed by atoms with Crippen LogP contribution in [0.3, 0.4) is 0 Å². The third-order valence-corrected chi connectivity index (χ3v) is 4.86. The summed E-state index contributed by atoms with van der Waals surface area (Å²) in [4.78, 5) is 9.21. The number of aromatic nitrogens is 4. The van der Waals surface area contributed by atoms with Crippen LogP contribution in [-0.4, -0.2) is 30.8 Å². The Hall–Kier alpha value is -2.93. The Labute approximate surface area is 164 Å². The number of methoxy groups -OCH3 is 1. The minimum atomic E-state index is -2.55. The van der Waals surface area contributed by atoms with Gasteiger partial charge in [-0.05, 0) is 43.2 Å². The minimum Gasteiger partial charge on any atom is -0.496 e. The van der Waals surface area contributed by atoms with Crippen LogP contribution in [0.2, 0.25) is 1.41 Å². The first-order valence-electron chi connectivity index (χ1n) is 11.5. The molecule has 132 valence electrons. The van der Waals surface area contributed by atoms with E-state index >= 15 is 0 Å². The van der Waals surface area contributed by atoms with Crippen molar-refractivity contribution in [3.05, 3.63) is 66.2 Å². The van der Waals surface area contributed by atoms with Crippen molar-refractivity contribution in [2.24, 2.45) is 0 Å². The minimum absolute atomic E-state index is 0.0430. The molecule has 1 atom stereocenters. The molecule has 0 saturated carbocycles. The Morgan fingerprint density at radius 2 is 2.23 bits per heavy atom. The molecule has 3 heterocycles. The molecule has 26 heavy (non-hydrogen) atoms. The highest BCUT2D eigenvalue weighted by Gasteiger charge is 2.15. The summed E-state index contributed by atoms with van der Waals surface area (Å²) in [6, 6.07) is 5.11. The lowest BCUT2D eigenvalue weighted by Gasteiger charge is -2.08. The molecule has 1 N–H and O–H groups in total. The second kappa shape index (κ2) is 6.76. The van der Waals surface area contributed by atoms with Crippen molar-refractivity contribution in [1.29, 1.82) is 0 Å². The Morgan fingerprint density at radius 1 is 1.38 bits per heavy atom. The zero-order valence-electron chi connectivity index (χ0n) is 21.6. The lowest BCUT2D eigenvalue weighted by molar-refractivity contribution is 0.410. The molecule has 1 aromatic carbocycles. The van der Waals surface area contributed by atoms with Gasteiger partial charge in [0.2, 0.25) is 0 Å². The van der Waals surface area contributed by atoms with Crippen molar-refractivity contribution in [1.82, 2.24) is 19.5 Å². The summed E-state index contributed by atoms with van der Waals surface area (Å²) >= 11 is 0. The van der Waals surface area contributed by atoms with Gasteiger partial charge in [0.1, 0.15) is 5.75 Å². The maximum Gasteiger partial charge on any atom is 0.197 e. The van der Waals surface area contributed by atoms with Gasteiger partial charge in [-0.1, -0.05) is 0 Å². The van der Waals surface area contributed by atoms with Gasteiger partial charge in [-0.3, -0.25) is 9.19 Å². The number of rotatable bonds is 5. The number of ether oxygens (including phenoxy) is 1. The first-order valence-corrected chi connectivity index (χ1v) is 8.85. The van der Waals surface area contributed by atoms with Gasteiger partial charge in [0.05, 0.1) is 45.9 Å². The molecule has 0 bridgehead atoms. The fourth-order valence-electron chi connectivity index (χ4n) is 2.45. The van der Waals surface area contributed by atoms with E-state index in [0.717, 1.165) is 9.54 Å². The van der Waals surface area contributed by atoms with Crippen LogP contribution in [0.15, 0.2) is 60.0 Å². The van der Waals surface area contributed by atoms with Gasteiger partial charge < -0.3 is 14.3 Å². The Balaban J connectivity index is 1.75. The molecule has 4 rings (SSSR count). The number of H-pyrrole nitrogens is 1. The normalized spacial score (nSPS) is 17.3. The number of hydrogen-bond acceptors (Lipinski definition) is 4. The van der Waals surface area contributed by atoms with Crippen molar-refractivity contribution in [2.45, 2.75) is 17.8 Å². The smallest absolute Gasteiger partial charge is 0.197 e. The van der Waals surface area contributed by atoms with E-state index in [1.165, 1.54) is 37.6 Å². The molecule has 0 radical (unpaired) electrons. The molecular formula is C19H18N4O2S. The molecule has 6 nitrogen and oxygen atoms in total. The predicted molar refractivity (Wildman–Crippen MR) is 101 cm³/mol. The van der Waals surface area contributed by atoms with Crippen molar-refractivity contribution in [3.8, 4) is 11.4 Å². The van der Waals surface area contributed by atoms with E-state index in [2.05, 4.69) is 9.97 Å². The Morgan fingerprint density at radius 3 is 3.00 bits per heavy atom. The highest BCUT2D eigenvalue weighted by atomic mass is 32.2. The second-order valence-electron chi connectivity index (χ2n) is 5.31. The van der Waals surface area contributed by atoms with Gasteiger partial charge in [-0.15, -0.1) is 0 Å². The van der Waals surface area contributed by atoms with Gasteiger partial charge in [0.15, 0.2) is 6.57 Å². The van der Waals surface area contributed by atoms with Gasteiger partial charge in [-0.25, -0.2) is 4.98 Å². The fraction of sp³-hybridized carbons (Fsp3) is 0.158. The molecule has 0 saturated heterocycles. The van der Waals surface area contributed by atoms with Crippen LogP contribution in [0.25, 0.3) is 16.7 Å². The highest BCUT2D eigenvalue weighted by Crippen LogP contribution is 2.22. The maximum atomic E-state index is 13.1. The van der Waals surface area contributed by atoms with E-state index in [-0.39, 0.29) is 57.9 Å². The number of nitrogens with zero attached hydrogens (tertiary/aromatic N) is 3. The van der Waals surface area contributed by atoms with Gasteiger partial charge in [0, 0.05) is 33.9 Å². The van der Waals surface area contributed by atoms with E-state index in [0.29, 0.717) is 11.2 Å². The third kappa shape index (κ3) is 3.01. The van der Waals surface area contributed by atoms with E-state index in [9.17, 15) is 4.21 Å². The monoisotopic (exact) mass is 374 g/mol. The van der Waals surface area contributed by atoms with Crippen molar-refractivity contribution in [3.63, 3.8) is 0 Å². The van der Waals surface area contributed by atoms with E-state index in [1.54, 1.807) is 0 Å². The molecule has 0 aliphatic rings. The number of pyridine rings is 1. The molecule has 7 heteroatoms. The Kier molecular flexibility index (Phi) is 2.52. The zero-order valence-corrected chi connectivity index (χ0v) is 14.4. The average Bonchev–Trinajstić information content (AvgIpc) is 3.21. The summed E-state index contributed by atoms with van der Waals surface area (Å²) in [6.45, 7) is -2.55. The molecule has 4 aromatic rings. The summed E-state index contributed by atoms with van der Waals surface area (Å²) < 4.78 is 82.6. The van der Waals surface area contributed by atoms with Crippen molar-refractivity contribution in [2.75, 3.05) is 7.11 Å². The SMILES string of the molecule is [2H]c1c([2H])c([2H])n(-c2ccc3c(c2)nc(S(=O)Cc2nccc(OC)c2C([2H])([2H])[2H])n3[2H])c1[2H]. The lowest BCUT2D eigenvalue weighted by atomic mass is 10.2. The van der Waals surface area contributed by atoms with E-state index in [4.69, 9.17) is 15.7 Å². The summed E-state index contributed by atoms with van der Waals surface area (Å²) in [5.41, 5.74) is 0.724. The quantitative estimate of drug-likeness (QED) is 0.581. The maximum absolute atomic E-state index is 13.1.